The Labute approximate surface area is 176 Å². The first-order valence-corrected chi connectivity index (χ1v) is 10.6. The molecule has 0 spiro atoms. The zero-order chi connectivity index (χ0) is 20.5. The number of rotatable bonds is 4. The lowest BCUT2D eigenvalue weighted by molar-refractivity contribution is -0.116. The van der Waals surface area contributed by atoms with Gasteiger partial charge in [0.25, 0.3) is 0 Å². The van der Waals surface area contributed by atoms with Gasteiger partial charge in [0.05, 0.1) is 23.0 Å². The number of hydrogen-bond acceptors (Lipinski definition) is 5. The summed E-state index contributed by atoms with van der Waals surface area (Å²) in [5.74, 6) is 0.0334. The van der Waals surface area contributed by atoms with Gasteiger partial charge in [-0.2, -0.15) is 5.10 Å². The molecule has 6 nitrogen and oxygen atoms in total. The summed E-state index contributed by atoms with van der Waals surface area (Å²) in [7, 11) is 0. The fourth-order valence-corrected chi connectivity index (χ4v) is 4.55. The molecule has 0 unspecified atom stereocenters. The Morgan fingerprint density at radius 3 is 2.80 bits per heavy atom. The molecule has 2 aromatic heterocycles. The SMILES string of the molecule is O=C(CSc1ncnc2c1cnn2-c1ccc(F)cc1)N1CCCc2ccccc21. The van der Waals surface area contributed by atoms with Crippen LogP contribution in [-0.2, 0) is 11.2 Å². The summed E-state index contributed by atoms with van der Waals surface area (Å²) in [6.45, 7) is 0.734. The maximum Gasteiger partial charge on any atom is 0.237 e. The largest absolute Gasteiger partial charge is 0.311 e. The molecule has 0 saturated carbocycles. The number of aryl methyl sites for hydroxylation is 1. The third kappa shape index (κ3) is 3.43. The molecular formula is C22H18FN5OS. The predicted molar refractivity (Wildman–Crippen MR) is 114 cm³/mol. The first-order chi connectivity index (χ1) is 14.7. The number of para-hydroxylation sites is 1. The standard InChI is InChI=1S/C22H18FN5OS/c23-16-7-9-17(10-8-16)28-21-18(12-26-28)22(25-14-24-21)30-13-20(29)27-11-3-5-15-4-1-2-6-19(15)27/h1-2,4,6-10,12,14H,3,5,11,13H2. The van der Waals surface area contributed by atoms with E-state index in [9.17, 15) is 9.18 Å². The number of hydrogen-bond donors (Lipinski definition) is 0. The Hall–Kier alpha value is -3.26. The average molecular weight is 419 g/mol. The van der Waals surface area contributed by atoms with Crippen molar-refractivity contribution in [3.8, 4) is 5.69 Å². The van der Waals surface area contributed by atoms with Crippen molar-refractivity contribution in [2.24, 2.45) is 0 Å². The average Bonchev–Trinajstić information content (AvgIpc) is 3.22. The molecule has 30 heavy (non-hydrogen) atoms. The van der Waals surface area contributed by atoms with Crippen molar-refractivity contribution in [3.05, 3.63) is 72.4 Å². The number of fused-ring (bicyclic) bond motifs is 2. The Bertz CT molecular complexity index is 1220. The number of benzene rings is 2. The van der Waals surface area contributed by atoms with E-state index < -0.39 is 0 Å². The summed E-state index contributed by atoms with van der Waals surface area (Å²) >= 11 is 1.38. The van der Waals surface area contributed by atoms with E-state index in [-0.39, 0.29) is 17.5 Å². The molecule has 1 amide bonds. The van der Waals surface area contributed by atoms with Gasteiger partial charge < -0.3 is 4.90 Å². The number of aromatic nitrogens is 4. The highest BCUT2D eigenvalue weighted by atomic mass is 32.2. The molecule has 4 aromatic rings. The van der Waals surface area contributed by atoms with Gasteiger partial charge in [0.1, 0.15) is 17.2 Å². The van der Waals surface area contributed by atoms with Gasteiger partial charge >= 0.3 is 0 Å². The number of anilines is 1. The summed E-state index contributed by atoms with van der Waals surface area (Å²) < 4.78 is 14.9. The first kappa shape index (κ1) is 18.7. The van der Waals surface area contributed by atoms with Crippen molar-refractivity contribution in [3.63, 3.8) is 0 Å². The van der Waals surface area contributed by atoms with Gasteiger partial charge in [0.2, 0.25) is 5.91 Å². The van der Waals surface area contributed by atoms with Crippen LogP contribution in [0.15, 0.2) is 66.1 Å². The molecule has 1 aliphatic heterocycles. The third-order valence-electron chi connectivity index (χ3n) is 5.14. The molecule has 0 bridgehead atoms. The quantitative estimate of drug-likeness (QED) is 0.369. The van der Waals surface area contributed by atoms with Crippen LogP contribution in [0.5, 0.6) is 0 Å². The second-order valence-electron chi connectivity index (χ2n) is 7.02. The van der Waals surface area contributed by atoms with Gasteiger partial charge in [0, 0.05) is 12.2 Å². The van der Waals surface area contributed by atoms with E-state index in [4.69, 9.17) is 0 Å². The molecule has 8 heteroatoms. The minimum atomic E-state index is -0.307. The van der Waals surface area contributed by atoms with Gasteiger partial charge in [-0.3, -0.25) is 4.79 Å². The highest BCUT2D eigenvalue weighted by molar-refractivity contribution is 8.00. The van der Waals surface area contributed by atoms with Crippen molar-refractivity contribution in [1.29, 1.82) is 0 Å². The molecule has 0 aliphatic carbocycles. The van der Waals surface area contributed by atoms with Crippen LogP contribution in [-0.4, -0.2) is 38.0 Å². The molecule has 1 aliphatic rings. The first-order valence-electron chi connectivity index (χ1n) is 9.66. The summed E-state index contributed by atoms with van der Waals surface area (Å²) in [5.41, 5.74) is 3.55. The van der Waals surface area contributed by atoms with Crippen LogP contribution in [0.4, 0.5) is 10.1 Å². The van der Waals surface area contributed by atoms with E-state index in [1.165, 1.54) is 35.8 Å². The Morgan fingerprint density at radius 2 is 1.93 bits per heavy atom. The molecule has 0 radical (unpaired) electrons. The number of amides is 1. The van der Waals surface area contributed by atoms with Crippen LogP contribution in [0.1, 0.15) is 12.0 Å². The van der Waals surface area contributed by atoms with Gasteiger partial charge in [-0.15, -0.1) is 0 Å². The van der Waals surface area contributed by atoms with E-state index in [0.717, 1.165) is 30.5 Å². The number of halogens is 1. The molecule has 150 valence electrons. The van der Waals surface area contributed by atoms with Crippen LogP contribution < -0.4 is 4.90 Å². The van der Waals surface area contributed by atoms with E-state index in [1.54, 1.807) is 23.0 Å². The van der Waals surface area contributed by atoms with Gasteiger partial charge in [-0.25, -0.2) is 19.0 Å². The molecule has 0 atom stereocenters. The lowest BCUT2D eigenvalue weighted by Crippen LogP contribution is -2.36. The van der Waals surface area contributed by atoms with Crippen molar-refractivity contribution in [2.75, 3.05) is 17.2 Å². The number of thioether (sulfide) groups is 1. The molecule has 0 saturated heterocycles. The van der Waals surface area contributed by atoms with Gasteiger partial charge in [-0.1, -0.05) is 30.0 Å². The smallest absolute Gasteiger partial charge is 0.237 e. The lowest BCUT2D eigenvalue weighted by Gasteiger charge is -2.29. The minimum absolute atomic E-state index is 0.0600. The van der Waals surface area contributed by atoms with Crippen molar-refractivity contribution < 1.29 is 9.18 Å². The summed E-state index contributed by atoms with van der Waals surface area (Å²) in [4.78, 5) is 23.5. The highest BCUT2D eigenvalue weighted by Crippen LogP contribution is 2.30. The predicted octanol–water partition coefficient (Wildman–Crippen LogP) is 4.03. The van der Waals surface area contributed by atoms with Crippen LogP contribution in [0, 0.1) is 5.82 Å². The van der Waals surface area contributed by atoms with Crippen LogP contribution >= 0.6 is 11.8 Å². The molecule has 3 heterocycles. The summed E-state index contributed by atoms with van der Waals surface area (Å²) in [6.07, 6.45) is 5.12. The second kappa shape index (κ2) is 7.87. The zero-order valence-electron chi connectivity index (χ0n) is 16.0. The molecule has 0 N–H and O–H groups in total. The normalized spacial score (nSPS) is 13.4. The minimum Gasteiger partial charge on any atom is -0.311 e. The van der Waals surface area contributed by atoms with E-state index in [0.29, 0.717) is 16.4 Å². The maximum absolute atomic E-state index is 13.2. The Morgan fingerprint density at radius 1 is 1.10 bits per heavy atom. The van der Waals surface area contributed by atoms with E-state index in [2.05, 4.69) is 21.1 Å². The Kier molecular flexibility index (Phi) is 4.92. The zero-order valence-corrected chi connectivity index (χ0v) is 16.8. The molecule has 2 aromatic carbocycles. The van der Waals surface area contributed by atoms with Crippen molar-refractivity contribution in [2.45, 2.75) is 17.9 Å². The second-order valence-corrected chi connectivity index (χ2v) is 7.98. The van der Waals surface area contributed by atoms with Crippen LogP contribution in [0.2, 0.25) is 0 Å². The van der Waals surface area contributed by atoms with Gasteiger partial charge in [-0.05, 0) is 48.7 Å². The highest BCUT2D eigenvalue weighted by Gasteiger charge is 2.22. The number of nitrogens with zero attached hydrogens (tertiary/aromatic N) is 5. The number of carbonyl (C=O) groups is 1. The summed E-state index contributed by atoms with van der Waals surface area (Å²) in [5, 5.41) is 5.85. The fraction of sp³-hybridized carbons (Fsp3) is 0.182. The van der Waals surface area contributed by atoms with Crippen molar-refractivity contribution in [1.82, 2.24) is 19.7 Å². The van der Waals surface area contributed by atoms with Gasteiger partial charge in [0.15, 0.2) is 5.65 Å². The molecular weight excluding hydrogens is 401 g/mol. The molecule has 5 rings (SSSR count). The molecule has 0 fully saturated rings. The number of carbonyl (C=O) groups excluding carboxylic acids is 1. The lowest BCUT2D eigenvalue weighted by atomic mass is 10.0. The van der Waals surface area contributed by atoms with E-state index >= 15 is 0 Å². The monoisotopic (exact) mass is 419 g/mol. The topological polar surface area (TPSA) is 63.9 Å². The maximum atomic E-state index is 13.2. The van der Waals surface area contributed by atoms with E-state index in [1.807, 2.05) is 23.1 Å². The Balaban J connectivity index is 1.38. The summed E-state index contributed by atoms with van der Waals surface area (Å²) in [6, 6.07) is 14.1. The van der Waals surface area contributed by atoms with Crippen LogP contribution in [0.3, 0.4) is 0 Å². The fourth-order valence-electron chi connectivity index (χ4n) is 3.71. The van der Waals surface area contributed by atoms with Crippen LogP contribution in [0.25, 0.3) is 16.7 Å². The third-order valence-corrected chi connectivity index (χ3v) is 6.13. The van der Waals surface area contributed by atoms with Crippen molar-refractivity contribution >= 4 is 34.4 Å².